The number of nitro benzene ring substituents is 1. The summed E-state index contributed by atoms with van der Waals surface area (Å²) < 4.78 is 28.4. The Bertz CT molecular complexity index is 1370. The van der Waals surface area contributed by atoms with Gasteiger partial charge in [-0.1, -0.05) is 40.9 Å². The number of aryl methyl sites for hydroxylation is 2. The lowest BCUT2D eigenvalue weighted by molar-refractivity contribution is -0.384. The summed E-state index contributed by atoms with van der Waals surface area (Å²) in [7, 11) is -4.04. The Balaban J connectivity index is 1.82. The van der Waals surface area contributed by atoms with Crippen molar-refractivity contribution in [3.8, 4) is 0 Å². The number of halogens is 2. The van der Waals surface area contributed by atoms with Crippen molar-refractivity contribution in [3.63, 3.8) is 0 Å². The lowest BCUT2D eigenvalue weighted by atomic mass is 10.2. The van der Waals surface area contributed by atoms with Crippen molar-refractivity contribution in [2.45, 2.75) is 25.3 Å². The van der Waals surface area contributed by atoms with Crippen LogP contribution in [-0.2, 0) is 21.4 Å². The molecular weight excluding hydrogens is 491 g/mol. The van der Waals surface area contributed by atoms with E-state index in [1.54, 1.807) is 23.6 Å². The largest absolute Gasteiger partial charge is 0.323 e. The van der Waals surface area contributed by atoms with Crippen LogP contribution in [0.4, 0.5) is 5.69 Å². The fourth-order valence-corrected chi connectivity index (χ4v) is 4.42. The van der Waals surface area contributed by atoms with Crippen LogP contribution in [0.15, 0.2) is 53.4 Å². The molecule has 2 aromatic carbocycles. The van der Waals surface area contributed by atoms with E-state index in [0.29, 0.717) is 17.1 Å². The van der Waals surface area contributed by atoms with E-state index in [4.69, 9.17) is 23.2 Å². The van der Waals surface area contributed by atoms with Gasteiger partial charge >= 0.3 is 0 Å². The zero-order valence-electron chi connectivity index (χ0n) is 17.5. The number of benzene rings is 2. The molecular formula is C21H18Cl2N4O5S. The molecule has 9 nitrogen and oxygen atoms in total. The standard InChI is InChI=1S/C21H18Cl2N4O5S/c1-13-3-7-17(8-4-13)33(31,32)25-20(28)10-9-19-21(23)24-14(2)26(19)12-15-5-6-16(27(29)30)11-18(15)22/h3-11H,12H2,1-2H3,(H,25,28). The van der Waals surface area contributed by atoms with E-state index in [2.05, 4.69) is 4.98 Å². The molecule has 1 aromatic heterocycles. The van der Waals surface area contributed by atoms with Crippen molar-refractivity contribution in [3.05, 3.63) is 91.5 Å². The first-order valence-electron chi connectivity index (χ1n) is 9.45. The van der Waals surface area contributed by atoms with E-state index < -0.39 is 20.9 Å². The van der Waals surface area contributed by atoms with Crippen LogP contribution in [0.2, 0.25) is 10.2 Å². The number of amides is 1. The molecule has 33 heavy (non-hydrogen) atoms. The molecule has 0 atom stereocenters. The van der Waals surface area contributed by atoms with Crippen molar-refractivity contribution in [2.24, 2.45) is 0 Å². The van der Waals surface area contributed by atoms with Crippen LogP contribution < -0.4 is 4.72 Å². The Morgan fingerprint density at radius 3 is 2.45 bits per heavy atom. The van der Waals surface area contributed by atoms with E-state index in [1.807, 2.05) is 11.6 Å². The van der Waals surface area contributed by atoms with Gasteiger partial charge in [0, 0.05) is 18.2 Å². The Morgan fingerprint density at radius 1 is 1.18 bits per heavy atom. The monoisotopic (exact) mass is 508 g/mol. The zero-order valence-corrected chi connectivity index (χ0v) is 19.8. The Labute approximate surface area is 199 Å². The number of carbonyl (C=O) groups is 1. The summed E-state index contributed by atoms with van der Waals surface area (Å²) in [4.78, 5) is 26.8. The molecule has 0 aliphatic heterocycles. The van der Waals surface area contributed by atoms with Crippen molar-refractivity contribution in [1.82, 2.24) is 14.3 Å². The van der Waals surface area contributed by atoms with Crippen LogP contribution >= 0.6 is 23.2 Å². The number of nitro groups is 1. The molecule has 3 aromatic rings. The van der Waals surface area contributed by atoms with Crippen LogP contribution in [0.5, 0.6) is 0 Å². The van der Waals surface area contributed by atoms with E-state index in [1.165, 1.54) is 36.4 Å². The van der Waals surface area contributed by atoms with Crippen molar-refractivity contribution in [1.29, 1.82) is 0 Å². The third-order valence-corrected chi connectivity index (χ3v) is 6.68. The van der Waals surface area contributed by atoms with Crippen LogP contribution in [-0.4, -0.2) is 28.8 Å². The Morgan fingerprint density at radius 2 is 1.85 bits per heavy atom. The van der Waals surface area contributed by atoms with Crippen LogP contribution in [0.1, 0.15) is 22.6 Å². The second-order valence-electron chi connectivity index (χ2n) is 7.07. The first-order valence-corrected chi connectivity index (χ1v) is 11.7. The van der Waals surface area contributed by atoms with E-state index >= 15 is 0 Å². The Kier molecular flexibility index (Phi) is 7.21. The molecule has 0 unspecified atom stereocenters. The molecule has 0 aliphatic carbocycles. The molecule has 1 heterocycles. The molecule has 0 saturated heterocycles. The number of nitrogens with zero attached hydrogens (tertiary/aromatic N) is 3. The van der Waals surface area contributed by atoms with Crippen molar-refractivity contribution in [2.75, 3.05) is 0 Å². The predicted octanol–water partition coefficient (Wildman–Crippen LogP) is 4.28. The van der Waals surface area contributed by atoms with Gasteiger partial charge in [0.1, 0.15) is 5.82 Å². The SMILES string of the molecule is Cc1ccc(S(=O)(=O)NC(=O)C=Cc2c(Cl)nc(C)n2Cc2ccc([N+](=O)[O-])cc2Cl)cc1. The molecule has 3 rings (SSSR count). The number of carbonyl (C=O) groups excluding carboxylic acids is 1. The minimum atomic E-state index is -4.04. The number of non-ortho nitro benzene ring substituents is 1. The van der Waals surface area contributed by atoms with Crippen LogP contribution in [0, 0.1) is 24.0 Å². The molecule has 0 saturated carbocycles. The fourth-order valence-electron chi connectivity index (χ4n) is 2.95. The van der Waals surface area contributed by atoms with Gasteiger partial charge in [-0.2, -0.15) is 0 Å². The highest BCUT2D eigenvalue weighted by atomic mass is 35.5. The van der Waals surface area contributed by atoms with Gasteiger partial charge in [-0.15, -0.1) is 0 Å². The second-order valence-corrected chi connectivity index (χ2v) is 9.52. The number of nitrogens with one attached hydrogen (secondary N) is 1. The lowest BCUT2D eigenvalue weighted by Gasteiger charge is -2.10. The summed E-state index contributed by atoms with van der Waals surface area (Å²) in [6.45, 7) is 3.67. The summed E-state index contributed by atoms with van der Waals surface area (Å²) in [6, 6.07) is 10.1. The molecule has 172 valence electrons. The first kappa shape index (κ1) is 24.4. The molecule has 1 amide bonds. The maximum Gasteiger partial charge on any atom is 0.270 e. The molecule has 0 bridgehead atoms. The van der Waals surface area contributed by atoms with Crippen LogP contribution in [0.25, 0.3) is 6.08 Å². The van der Waals surface area contributed by atoms with Crippen LogP contribution in [0.3, 0.4) is 0 Å². The highest BCUT2D eigenvalue weighted by Crippen LogP contribution is 2.26. The number of hydrogen-bond donors (Lipinski definition) is 1. The second kappa shape index (κ2) is 9.74. The molecule has 1 N–H and O–H groups in total. The fraction of sp³-hybridized carbons (Fsp3) is 0.143. The quantitative estimate of drug-likeness (QED) is 0.288. The van der Waals surface area contributed by atoms with Gasteiger partial charge in [-0.25, -0.2) is 18.1 Å². The summed E-state index contributed by atoms with van der Waals surface area (Å²) in [5.74, 6) is -0.368. The topological polar surface area (TPSA) is 124 Å². The maximum atomic E-state index is 12.4. The van der Waals surface area contributed by atoms with Crippen molar-refractivity contribution < 1.29 is 18.1 Å². The predicted molar refractivity (Wildman–Crippen MR) is 125 cm³/mol. The molecule has 12 heteroatoms. The Hall–Kier alpha value is -3.21. The van der Waals surface area contributed by atoms with Gasteiger partial charge < -0.3 is 4.57 Å². The normalized spacial score (nSPS) is 11.6. The van der Waals surface area contributed by atoms with Gasteiger partial charge in [-0.05, 0) is 43.7 Å². The summed E-state index contributed by atoms with van der Waals surface area (Å²) >= 11 is 12.4. The van der Waals surface area contributed by atoms with Gasteiger partial charge in [0.15, 0.2) is 5.15 Å². The summed E-state index contributed by atoms with van der Waals surface area (Å²) in [6.07, 6.45) is 2.36. The minimum Gasteiger partial charge on any atom is -0.323 e. The van der Waals surface area contributed by atoms with E-state index in [-0.39, 0.29) is 27.3 Å². The average Bonchev–Trinajstić information content (AvgIpc) is 3.00. The van der Waals surface area contributed by atoms with E-state index in [0.717, 1.165) is 11.6 Å². The van der Waals surface area contributed by atoms with Gasteiger partial charge in [0.05, 0.1) is 27.1 Å². The molecule has 0 aliphatic rings. The number of hydrogen-bond acceptors (Lipinski definition) is 6. The van der Waals surface area contributed by atoms with Crippen molar-refractivity contribution >= 4 is 50.9 Å². The number of aromatic nitrogens is 2. The third-order valence-electron chi connectivity index (χ3n) is 4.69. The first-order chi connectivity index (χ1) is 15.5. The lowest BCUT2D eigenvalue weighted by Crippen LogP contribution is -2.29. The molecule has 0 radical (unpaired) electrons. The average molecular weight is 509 g/mol. The highest BCUT2D eigenvalue weighted by Gasteiger charge is 2.18. The van der Waals surface area contributed by atoms with Gasteiger partial charge in [-0.3, -0.25) is 14.9 Å². The summed E-state index contributed by atoms with van der Waals surface area (Å²) in [5, 5.41) is 11.2. The highest BCUT2D eigenvalue weighted by molar-refractivity contribution is 7.90. The van der Waals surface area contributed by atoms with Gasteiger partial charge in [0.25, 0.3) is 21.6 Å². The molecule has 0 spiro atoms. The number of imidazole rings is 1. The number of sulfonamides is 1. The van der Waals surface area contributed by atoms with Gasteiger partial charge in [0.2, 0.25) is 0 Å². The smallest absolute Gasteiger partial charge is 0.270 e. The molecule has 0 fully saturated rings. The zero-order chi connectivity index (χ0) is 24.3. The minimum absolute atomic E-state index is 0.0402. The maximum absolute atomic E-state index is 12.4. The summed E-state index contributed by atoms with van der Waals surface area (Å²) in [5.41, 5.74) is 1.65. The third kappa shape index (κ3) is 5.78. The number of rotatable bonds is 7. The van der Waals surface area contributed by atoms with E-state index in [9.17, 15) is 23.3 Å².